The largest absolute Gasteiger partial charge is 0.340 e. The Bertz CT molecular complexity index is 578. The summed E-state index contributed by atoms with van der Waals surface area (Å²) >= 11 is 0. The Morgan fingerprint density at radius 2 is 1.83 bits per heavy atom. The summed E-state index contributed by atoms with van der Waals surface area (Å²) < 4.78 is 0. The van der Waals surface area contributed by atoms with E-state index in [9.17, 15) is 9.59 Å². The summed E-state index contributed by atoms with van der Waals surface area (Å²) in [4.78, 5) is 29.5. The van der Waals surface area contributed by atoms with Crippen molar-refractivity contribution in [2.75, 3.05) is 33.2 Å². The zero-order chi connectivity index (χ0) is 17.7. The normalized spacial score (nSPS) is 17.0. The molecule has 1 aliphatic heterocycles. The molecule has 0 spiro atoms. The summed E-state index contributed by atoms with van der Waals surface area (Å²) in [6.07, 6.45) is 0.655. The molecule has 1 aromatic rings. The zero-order valence-corrected chi connectivity index (χ0v) is 15.2. The van der Waals surface area contributed by atoms with E-state index in [2.05, 4.69) is 31.1 Å². The molecule has 5 nitrogen and oxygen atoms in total. The Hall–Kier alpha value is -1.88. The third-order valence-electron chi connectivity index (χ3n) is 4.41. The van der Waals surface area contributed by atoms with Crippen LogP contribution in [0.15, 0.2) is 24.3 Å². The van der Waals surface area contributed by atoms with E-state index >= 15 is 0 Å². The highest BCUT2D eigenvalue weighted by Gasteiger charge is 2.28. The van der Waals surface area contributed by atoms with Gasteiger partial charge in [0.1, 0.15) is 6.04 Å². The maximum atomic E-state index is 12.9. The number of hydrogen-bond donors (Lipinski definition) is 1. The fraction of sp³-hybridized carbons (Fsp3) is 0.579. The van der Waals surface area contributed by atoms with Crippen LogP contribution in [0.2, 0.25) is 0 Å². The summed E-state index contributed by atoms with van der Waals surface area (Å²) in [5.74, 6) is 0.203. The highest BCUT2D eigenvalue weighted by molar-refractivity contribution is 5.97. The Morgan fingerprint density at radius 3 is 2.42 bits per heavy atom. The minimum absolute atomic E-state index is 0.0396. The highest BCUT2D eigenvalue weighted by Crippen LogP contribution is 2.12. The molecule has 1 saturated heterocycles. The Morgan fingerprint density at radius 1 is 1.17 bits per heavy atom. The van der Waals surface area contributed by atoms with Crippen molar-refractivity contribution in [2.45, 2.75) is 33.2 Å². The lowest BCUT2D eigenvalue weighted by Gasteiger charge is -2.35. The number of likely N-dealkylation sites (N-methyl/N-ethyl adjacent to an activating group) is 1. The van der Waals surface area contributed by atoms with Crippen LogP contribution in [-0.2, 0) is 4.79 Å². The predicted molar refractivity (Wildman–Crippen MR) is 96.0 cm³/mol. The molecule has 24 heavy (non-hydrogen) atoms. The molecule has 1 aromatic carbocycles. The number of nitrogens with one attached hydrogen (secondary N) is 1. The Kier molecular flexibility index (Phi) is 6.37. The number of rotatable bonds is 5. The van der Waals surface area contributed by atoms with Crippen LogP contribution in [0.5, 0.6) is 0 Å². The first-order chi connectivity index (χ1) is 11.4. The van der Waals surface area contributed by atoms with Gasteiger partial charge in [0, 0.05) is 31.7 Å². The molecule has 1 heterocycles. The molecule has 0 radical (unpaired) electrons. The van der Waals surface area contributed by atoms with Crippen molar-refractivity contribution in [1.29, 1.82) is 0 Å². The fourth-order valence-electron chi connectivity index (χ4n) is 2.97. The molecule has 2 rings (SSSR count). The summed E-state index contributed by atoms with van der Waals surface area (Å²) in [5, 5.41) is 2.96. The molecule has 1 aliphatic rings. The molecule has 0 aromatic heterocycles. The van der Waals surface area contributed by atoms with E-state index in [-0.39, 0.29) is 11.8 Å². The smallest absolute Gasteiger partial charge is 0.251 e. The highest BCUT2D eigenvalue weighted by atomic mass is 16.2. The second kappa shape index (κ2) is 8.29. The number of hydrogen-bond acceptors (Lipinski definition) is 3. The van der Waals surface area contributed by atoms with Crippen molar-refractivity contribution in [3.63, 3.8) is 0 Å². The molecule has 2 amide bonds. The van der Waals surface area contributed by atoms with Gasteiger partial charge in [-0.25, -0.2) is 0 Å². The van der Waals surface area contributed by atoms with E-state index < -0.39 is 6.04 Å². The zero-order valence-electron chi connectivity index (χ0n) is 15.2. The van der Waals surface area contributed by atoms with E-state index in [0.717, 1.165) is 31.7 Å². The molecule has 0 unspecified atom stereocenters. The van der Waals surface area contributed by atoms with Crippen LogP contribution >= 0.6 is 0 Å². The van der Waals surface area contributed by atoms with Gasteiger partial charge >= 0.3 is 0 Å². The molecule has 0 saturated carbocycles. The van der Waals surface area contributed by atoms with Gasteiger partial charge < -0.3 is 15.1 Å². The maximum Gasteiger partial charge on any atom is 0.251 e. The van der Waals surface area contributed by atoms with Gasteiger partial charge in [-0.1, -0.05) is 31.5 Å². The average Bonchev–Trinajstić information content (AvgIpc) is 2.54. The number of amides is 2. The van der Waals surface area contributed by atoms with Gasteiger partial charge in [-0.15, -0.1) is 0 Å². The summed E-state index contributed by atoms with van der Waals surface area (Å²) in [7, 11) is 2.06. The summed E-state index contributed by atoms with van der Waals surface area (Å²) in [5.41, 5.74) is 1.64. The van der Waals surface area contributed by atoms with Gasteiger partial charge in [0.15, 0.2) is 0 Å². The molecule has 5 heteroatoms. The Labute approximate surface area is 145 Å². The molecule has 1 N–H and O–H groups in total. The number of piperazine rings is 1. The number of carbonyl (C=O) groups is 2. The van der Waals surface area contributed by atoms with Crippen molar-refractivity contribution in [1.82, 2.24) is 15.1 Å². The quantitative estimate of drug-likeness (QED) is 0.897. The number of carbonyl (C=O) groups excluding carboxylic acids is 2. The average molecular weight is 331 g/mol. The van der Waals surface area contributed by atoms with Gasteiger partial charge in [0.05, 0.1) is 0 Å². The summed E-state index contributed by atoms with van der Waals surface area (Å²) in [6.45, 7) is 9.32. The lowest BCUT2D eigenvalue weighted by Crippen LogP contribution is -2.54. The first-order valence-electron chi connectivity index (χ1n) is 8.71. The lowest BCUT2D eigenvalue weighted by molar-refractivity contribution is -0.135. The summed E-state index contributed by atoms with van der Waals surface area (Å²) in [6, 6.07) is 7.00. The van der Waals surface area contributed by atoms with Gasteiger partial charge in [0.2, 0.25) is 5.91 Å². The van der Waals surface area contributed by atoms with Crippen LogP contribution in [0.25, 0.3) is 0 Å². The topological polar surface area (TPSA) is 52.7 Å². The van der Waals surface area contributed by atoms with Crippen molar-refractivity contribution in [3.8, 4) is 0 Å². The van der Waals surface area contributed by atoms with Crippen LogP contribution in [0, 0.1) is 12.8 Å². The Balaban J connectivity index is 2.07. The SMILES string of the molecule is Cc1cccc(C(=O)N[C@@H](CC(C)C)C(=O)N2CCN(C)CC2)c1. The molecular formula is C19H29N3O2. The fourth-order valence-corrected chi connectivity index (χ4v) is 2.97. The van der Waals surface area contributed by atoms with E-state index in [1.165, 1.54) is 0 Å². The second-order valence-corrected chi connectivity index (χ2v) is 7.15. The lowest BCUT2D eigenvalue weighted by atomic mass is 10.0. The van der Waals surface area contributed by atoms with Crippen molar-refractivity contribution >= 4 is 11.8 Å². The third-order valence-corrected chi connectivity index (χ3v) is 4.41. The van der Waals surface area contributed by atoms with Crippen LogP contribution in [0.1, 0.15) is 36.2 Å². The van der Waals surface area contributed by atoms with Crippen LogP contribution in [-0.4, -0.2) is 60.9 Å². The molecule has 1 atom stereocenters. The second-order valence-electron chi connectivity index (χ2n) is 7.15. The molecule has 1 fully saturated rings. The molecule has 0 bridgehead atoms. The molecular weight excluding hydrogens is 302 g/mol. The number of benzene rings is 1. The monoisotopic (exact) mass is 331 g/mol. The van der Waals surface area contributed by atoms with Crippen LogP contribution in [0.3, 0.4) is 0 Å². The maximum absolute atomic E-state index is 12.9. The standard InChI is InChI=1S/C19H29N3O2/c1-14(2)12-17(19(24)22-10-8-21(4)9-11-22)20-18(23)16-7-5-6-15(3)13-16/h5-7,13-14,17H,8-12H2,1-4H3,(H,20,23)/t17-/m0/s1. The van der Waals surface area contributed by atoms with Crippen molar-refractivity contribution in [3.05, 3.63) is 35.4 Å². The first kappa shape index (κ1) is 18.5. The number of aryl methyl sites for hydroxylation is 1. The van der Waals surface area contributed by atoms with E-state index in [4.69, 9.17) is 0 Å². The van der Waals surface area contributed by atoms with Gasteiger partial charge in [-0.3, -0.25) is 9.59 Å². The molecule has 0 aliphatic carbocycles. The minimum atomic E-state index is -0.457. The third kappa shape index (κ3) is 5.06. The predicted octanol–water partition coefficient (Wildman–Crippen LogP) is 1.91. The first-order valence-corrected chi connectivity index (χ1v) is 8.71. The van der Waals surface area contributed by atoms with Gasteiger partial charge in [-0.05, 0) is 38.4 Å². The van der Waals surface area contributed by atoms with E-state index in [0.29, 0.717) is 17.9 Å². The minimum Gasteiger partial charge on any atom is -0.340 e. The van der Waals surface area contributed by atoms with Crippen LogP contribution in [0.4, 0.5) is 0 Å². The van der Waals surface area contributed by atoms with Crippen molar-refractivity contribution < 1.29 is 9.59 Å². The molecule has 132 valence electrons. The van der Waals surface area contributed by atoms with Crippen LogP contribution < -0.4 is 5.32 Å². The van der Waals surface area contributed by atoms with Gasteiger partial charge in [0.25, 0.3) is 5.91 Å². The van der Waals surface area contributed by atoms with Gasteiger partial charge in [-0.2, -0.15) is 0 Å². The van der Waals surface area contributed by atoms with E-state index in [1.54, 1.807) is 6.07 Å². The number of nitrogens with zero attached hydrogens (tertiary/aromatic N) is 2. The van der Waals surface area contributed by atoms with Crippen molar-refractivity contribution in [2.24, 2.45) is 5.92 Å². The van der Waals surface area contributed by atoms with E-state index in [1.807, 2.05) is 30.0 Å².